The Morgan fingerprint density at radius 1 is 1.00 bits per heavy atom. The van der Waals surface area contributed by atoms with Crippen molar-refractivity contribution < 1.29 is 23.8 Å². The zero-order chi connectivity index (χ0) is 32.8. The van der Waals surface area contributed by atoms with Gasteiger partial charge in [-0.3, -0.25) is 4.79 Å². The highest BCUT2D eigenvalue weighted by atomic mass is 35.5. The van der Waals surface area contributed by atoms with Crippen molar-refractivity contribution in [3.63, 3.8) is 0 Å². The van der Waals surface area contributed by atoms with Gasteiger partial charge in [-0.1, -0.05) is 54.0 Å². The number of likely N-dealkylation sites (tertiary alicyclic amines) is 1. The van der Waals surface area contributed by atoms with Gasteiger partial charge in [0.2, 0.25) is 11.1 Å². The van der Waals surface area contributed by atoms with Crippen molar-refractivity contribution in [3.05, 3.63) is 69.9 Å². The van der Waals surface area contributed by atoms with E-state index in [1.807, 2.05) is 55.1 Å². The van der Waals surface area contributed by atoms with E-state index in [9.17, 15) is 9.59 Å². The maximum absolute atomic E-state index is 13.9. The Kier molecular flexibility index (Phi) is 10.9. The monoisotopic (exact) mass is 679 g/mol. The van der Waals surface area contributed by atoms with Crippen LogP contribution in [0.5, 0.6) is 11.5 Å². The smallest absolute Gasteiger partial charge is 0.338 e. The van der Waals surface area contributed by atoms with Gasteiger partial charge in [0.25, 0.3) is 5.91 Å². The highest BCUT2D eigenvalue weighted by Gasteiger charge is 2.37. The third-order valence-corrected chi connectivity index (χ3v) is 10.1. The molecule has 1 saturated heterocycles. The number of aromatic nitrogens is 3. The number of fused-ring (bicyclic) bond motifs is 1. The summed E-state index contributed by atoms with van der Waals surface area (Å²) >= 11 is 7.88. The Morgan fingerprint density at radius 3 is 2.53 bits per heavy atom. The number of carbonyl (C=O) groups is 2. The van der Waals surface area contributed by atoms with Crippen LogP contribution in [0.4, 0.5) is 5.95 Å². The van der Waals surface area contributed by atoms with Crippen molar-refractivity contribution in [2.75, 3.05) is 31.6 Å². The van der Waals surface area contributed by atoms with E-state index in [0.717, 1.165) is 75.6 Å². The molecule has 1 aliphatic carbocycles. The van der Waals surface area contributed by atoms with Crippen LogP contribution in [-0.2, 0) is 20.1 Å². The number of halogens is 1. The molecule has 0 bridgehead atoms. The lowest BCUT2D eigenvalue weighted by atomic mass is 9.94. The van der Waals surface area contributed by atoms with Crippen molar-refractivity contribution in [3.8, 4) is 11.5 Å². The third-order valence-electron chi connectivity index (χ3n) is 8.84. The molecule has 10 nitrogen and oxygen atoms in total. The van der Waals surface area contributed by atoms with E-state index in [4.69, 9.17) is 35.9 Å². The van der Waals surface area contributed by atoms with E-state index in [0.29, 0.717) is 51.3 Å². The number of hydrogen-bond donors (Lipinski definition) is 1. The molecule has 1 atom stereocenters. The fourth-order valence-electron chi connectivity index (χ4n) is 6.38. The van der Waals surface area contributed by atoms with Crippen LogP contribution in [-0.4, -0.2) is 63.9 Å². The number of piperidine rings is 1. The molecule has 12 heteroatoms. The van der Waals surface area contributed by atoms with Crippen LogP contribution in [0.25, 0.3) is 0 Å². The topological polar surface area (TPSA) is 108 Å². The van der Waals surface area contributed by atoms with Crippen LogP contribution in [0, 0.1) is 0 Å². The molecule has 0 spiro atoms. The largest absolute Gasteiger partial charge is 0.490 e. The molecule has 1 unspecified atom stereocenters. The maximum atomic E-state index is 13.9. The van der Waals surface area contributed by atoms with Crippen molar-refractivity contribution in [2.45, 2.75) is 88.3 Å². The second-order valence-corrected chi connectivity index (χ2v) is 13.5. The first-order chi connectivity index (χ1) is 22.9. The maximum Gasteiger partial charge on any atom is 0.338 e. The summed E-state index contributed by atoms with van der Waals surface area (Å²) in [6, 6.07) is 12.6. The minimum absolute atomic E-state index is 0.0324. The molecule has 3 aromatic rings. The normalized spacial score (nSPS) is 18.4. The number of benzene rings is 2. The summed E-state index contributed by atoms with van der Waals surface area (Å²) in [7, 11) is 0. The Hall–Kier alpha value is -3.70. The van der Waals surface area contributed by atoms with Crippen LogP contribution in [0.1, 0.15) is 82.4 Å². The molecule has 1 aromatic heterocycles. The minimum Gasteiger partial charge on any atom is -0.490 e. The molecule has 47 heavy (non-hydrogen) atoms. The summed E-state index contributed by atoms with van der Waals surface area (Å²) in [6.07, 6.45) is 8.07. The summed E-state index contributed by atoms with van der Waals surface area (Å²) in [4.78, 5) is 33.4. The quantitative estimate of drug-likeness (QED) is 0.167. The van der Waals surface area contributed by atoms with E-state index in [1.165, 1.54) is 11.8 Å². The number of amides is 1. The minimum atomic E-state index is -0.632. The average molecular weight is 680 g/mol. The van der Waals surface area contributed by atoms with Gasteiger partial charge in [0, 0.05) is 29.6 Å². The van der Waals surface area contributed by atoms with E-state index in [2.05, 4.69) is 5.32 Å². The fourth-order valence-corrected chi connectivity index (χ4v) is 7.49. The first kappa shape index (κ1) is 33.2. The van der Waals surface area contributed by atoms with Crippen LogP contribution < -0.4 is 14.8 Å². The number of hydrogen-bond acceptors (Lipinski definition) is 9. The lowest BCUT2D eigenvalue weighted by Crippen LogP contribution is -2.38. The first-order valence-corrected chi connectivity index (χ1v) is 18.0. The molecule has 0 radical (unpaired) electrons. The van der Waals surface area contributed by atoms with Gasteiger partial charge in [0.1, 0.15) is 12.1 Å². The number of anilines is 1. The van der Waals surface area contributed by atoms with Gasteiger partial charge in [-0.2, -0.15) is 4.98 Å². The standard InChI is InChI=1S/C35H42ClN5O5S/c1-3-44-29-20-24(16-17-28(29)45-21-30(42)40-18-10-5-11-19-40)32-31(33(43)46-26-13-6-4-7-14-26)23(2)37-34-38-35(39-41(32)34)47-22-25-12-8-9-15-27(25)36/h8-9,12,15-17,20,26,32H,3-7,10-11,13-14,18-19,21-22H2,1-2H3,(H,37,38,39). The summed E-state index contributed by atoms with van der Waals surface area (Å²) in [5.41, 5.74) is 2.86. The van der Waals surface area contributed by atoms with Gasteiger partial charge in [-0.25, -0.2) is 9.48 Å². The predicted molar refractivity (Wildman–Crippen MR) is 182 cm³/mol. The van der Waals surface area contributed by atoms with Gasteiger partial charge in [0.05, 0.1) is 12.2 Å². The summed E-state index contributed by atoms with van der Waals surface area (Å²) in [5.74, 6) is 1.67. The van der Waals surface area contributed by atoms with Gasteiger partial charge in [0.15, 0.2) is 18.1 Å². The van der Waals surface area contributed by atoms with Crippen LogP contribution in [0.2, 0.25) is 5.02 Å². The number of rotatable bonds is 11. The molecule has 1 amide bonds. The first-order valence-electron chi connectivity index (χ1n) is 16.6. The van der Waals surface area contributed by atoms with Crippen LogP contribution in [0.3, 0.4) is 0 Å². The van der Waals surface area contributed by atoms with Crippen molar-refractivity contribution >= 4 is 41.2 Å². The Balaban J connectivity index is 1.30. The van der Waals surface area contributed by atoms with E-state index >= 15 is 0 Å². The third kappa shape index (κ3) is 7.89. The zero-order valence-corrected chi connectivity index (χ0v) is 28.6. The Bertz CT molecular complexity index is 1620. The summed E-state index contributed by atoms with van der Waals surface area (Å²) in [6.45, 7) is 5.62. The number of carbonyl (C=O) groups excluding carboxylic acids is 2. The number of allylic oxidation sites excluding steroid dienone is 1. The molecular weight excluding hydrogens is 638 g/mol. The van der Waals surface area contributed by atoms with E-state index in [-0.39, 0.29) is 24.6 Å². The molecule has 3 heterocycles. The molecule has 2 fully saturated rings. The van der Waals surface area contributed by atoms with Gasteiger partial charge < -0.3 is 24.4 Å². The van der Waals surface area contributed by atoms with Crippen molar-refractivity contribution in [1.29, 1.82) is 0 Å². The summed E-state index contributed by atoms with van der Waals surface area (Å²) in [5, 5.41) is 9.42. The fraction of sp³-hybridized carbons (Fsp3) is 0.486. The molecule has 250 valence electrons. The highest BCUT2D eigenvalue weighted by molar-refractivity contribution is 7.98. The Labute approximate surface area is 285 Å². The van der Waals surface area contributed by atoms with Crippen molar-refractivity contribution in [1.82, 2.24) is 19.7 Å². The van der Waals surface area contributed by atoms with Crippen LogP contribution in [0.15, 0.2) is 58.9 Å². The molecule has 6 rings (SSSR count). The number of nitrogens with zero attached hydrogens (tertiary/aromatic N) is 4. The second-order valence-electron chi connectivity index (χ2n) is 12.1. The van der Waals surface area contributed by atoms with Gasteiger partial charge >= 0.3 is 5.97 Å². The molecule has 2 aliphatic heterocycles. The average Bonchev–Trinajstić information content (AvgIpc) is 3.49. The van der Waals surface area contributed by atoms with Gasteiger partial charge in [-0.05, 0) is 88.1 Å². The summed E-state index contributed by atoms with van der Waals surface area (Å²) < 4.78 is 19.9. The molecule has 3 aliphatic rings. The number of thioether (sulfide) groups is 1. The number of ether oxygens (including phenoxy) is 3. The van der Waals surface area contributed by atoms with E-state index < -0.39 is 6.04 Å². The molecular formula is C35H42ClN5O5S. The number of nitrogens with one attached hydrogen (secondary N) is 1. The van der Waals surface area contributed by atoms with Crippen molar-refractivity contribution in [2.24, 2.45) is 0 Å². The second kappa shape index (κ2) is 15.5. The zero-order valence-electron chi connectivity index (χ0n) is 27.0. The molecule has 1 N–H and O–H groups in total. The van der Waals surface area contributed by atoms with E-state index in [1.54, 1.807) is 10.7 Å². The van der Waals surface area contributed by atoms with Crippen LogP contribution >= 0.6 is 23.4 Å². The van der Waals surface area contributed by atoms with Gasteiger partial charge in [-0.15, -0.1) is 5.10 Å². The molecule has 1 saturated carbocycles. The lowest BCUT2D eigenvalue weighted by Gasteiger charge is -2.30. The highest BCUT2D eigenvalue weighted by Crippen LogP contribution is 2.41. The number of esters is 1. The Morgan fingerprint density at radius 2 is 1.77 bits per heavy atom. The molecule has 2 aromatic carbocycles. The lowest BCUT2D eigenvalue weighted by molar-refractivity contribution is -0.146. The predicted octanol–water partition coefficient (Wildman–Crippen LogP) is 7.18. The SMILES string of the molecule is CCOc1cc(C2C(C(=O)OC3CCCCC3)=C(C)Nc3nc(SCc4ccccc4Cl)nn32)ccc1OCC(=O)N1CCCCC1.